The molecule has 4 heteroatoms. The summed E-state index contributed by atoms with van der Waals surface area (Å²) >= 11 is 0. The molecule has 2 atom stereocenters. The second kappa shape index (κ2) is 6.26. The fraction of sp³-hybridized carbons (Fsp3) is 0.600. The van der Waals surface area contributed by atoms with E-state index in [2.05, 4.69) is 11.0 Å². The number of hydrogen-bond donors (Lipinski definition) is 2. The van der Waals surface area contributed by atoms with Gasteiger partial charge in [-0.15, -0.1) is 0 Å². The Kier molecular flexibility index (Phi) is 4.66. The number of rotatable bonds is 4. The lowest BCUT2D eigenvalue weighted by molar-refractivity contribution is 0.208. The molecule has 4 nitrogen and oxygen atoms in total. The maximum Gasteiger partial charge on any atom is 0.125 e. The quantitative estimate of drug-likeness (QED) is 0.872. The first-order valence-corrected chi connectivity index (χ1v) is 6.95. The van der Waals surface area contributed by atoms with E-state index in [0.717, 1.165) is 42.9 Å². The molecule has 0 amide bonds. The van der Waals surface area contributed by atoms with Crippen LogP contribution in [0.25, 0.3) is 0 Å². The molecule has 1 aliphatic rings. The lowest BCUT2D eigenvalue weighted by Gasteiger charge is -2.35. The van der Waals surface area contributed by atoms with Gasteiger partial charge in [-0.2, -0.15) is 0 Å². The van der Waals surface area contributed by atoms with E-state index in [1.165, 1.54) is 0 Å². The van der Waals surface area contributed by atoms with Gasteiger partial charge in [0.25, 0.3) is 0 Å². The molecule has 0 saturated carbocycles. The zero-order valence-corrected chi connectivity index (χ0v) is 11.8. The second-order valence-electron chi connectivity index (χ2n) is 5.32. The van der Waals surface area contributed by atoms with E-state index in [1.807, 2.05) is 19.1 Å². The Hall–Kier alpha value is -1.26. The molecule has 0 bridgehead atoms. The molecule has 1 aliphatic heterocycles. The van der Waals surface area contributed by atoms with Gasteiger partial charge in [0, 0.05) is 37.0 Å². The van der Waals surface area contributed by atoms with Crippen LogP contribution in [-0.4, -0.2) is 31.9 Å². The third-order valence-electron chi connectivity index (χ3n) is 3.84. The Labute approximate surface area is 115 Å². The number of aliphatic hydroxyl groups excluding tert-OH is 1. The molecule has 1 aromatic rings. The minimum Gasteiger partial charge on any atom is -0.496 e. The predicted molar refractivity (Wildman–Crippen MR) is 77.6 cm³/mol. The van der Waals surface area contributed by atoms with Crippen molar-refractivity contribution in [1.82, 2.24) is 0 Å². The number of nitrogens with two attached hydrogens (primary N) is 1. The SMILES string of the molecule is COc1cccc(N2CCCC(CO)C2)c1[C@H](C)N. The molecule has 0 radical (unpaired) electrons. The second-order valence-corrected chi connectivity index (χ2v) is 5.32. The molecule has 1 aromatic carbocycles. The molecule has 1 fully saturated rings. The summed E-state index contributed by atoms with van der Waals surface area (Å²) in [4.78, 5) is 2.32. The first-order valence-electron chi connectivity index (χ1n) is 6.95. The Morgan fingerprint density at radius 1 is 1.53 bits per heavy atom. The van der Waals surface area contributed by atoms with Gasteiger partial charge in [0.2, 0.25) is 0 Å². The van der Waals surface area contributed by atoms with E-state index in [1.54, 1.807) is 7.11 Å². The van der Waals surface area contributed by atoms with Gasteiger partial charge in [-0.05, 0) is 37.8 Å². The van der Waals surface area contributed by atoms with E-state index >= 15 is 0 Å². The number of ether oxygens (including phenoxy) is 1. The highest BCUT2D eigenvalue weighted by molar-refractivity contribution is 5.61. The molecule has 106 valence electrons. The number of methoxy groups -OCH3 is 1. The number of benzene rings is 1. The number of hydrogen-bond acceptors (Lipinski definition) is 4. The number of piperidine rings is 1. The molecule has 19 heavy (non-hydrogen) atoms. The van der Waals surface area contributed by atoms with E-state index in [0.29, 0.717) is 5.92 Å². The highest BCUT2D eigenvalue weighted by Gasteiger charge is 2.23. The Morgan fingerprint density at radius 2 is 2.32 bits per heavy atom. The van der Waals surface area contributed by atoms with Crippen LogP contribution in [0.15, 0.2) is 18.2 Å². The molecule has 0 aliphatic carbocycles. The average molecular weight is 264 g/mol. The van der Waals surface area contributed by atoms with Gasteiger partial charge < -0.3 is 20.5 Å². The molecule has 1 unspecified atom stereocenters. The van der Waals surface area contributed by atoms with Crippen LogP contribution >= 0.6 is 0 Å². The summed E-state index contributed by atoms with van der Waals surface area (Å²) in [5.74, 6) is 1.21. The largest absolute Gasteiger partial charge is 0.496 e. The first-order chi connectivity index (χ1) is 9.17. The minimum atomic E-state index is -0.0688. The summed E-state index contributed by atoms with van der Waals surface area (Å²) in [6.07, 6.45) is 2.21. The zero-order valence-electron chi connectivity index (χ0n) is 11.8. The van der Waals surface area contributed by atoms with E-state index in [-0.39, 0.29) is 12.6 Å². The van der Waals surface area contributed by atoms with Crippen LogP contribution in [0.3, 0.4) is 0 Å². The summed E-state index contributed by atoms with van der Waals surface area (Å²) in [7, 11) is 1.68. The van der Waals surface area contributed by atoms with Crippen LogP contribution in [0.4, 0.5) is 5.69 Å². The normalized spacial score (nSPS) is 21.3. The van der Waals surface area contributed by atoms with Crippen molar-refractivity contribution in [1.29, 1.82) is 0 Å². The fourth-order valence-electron chi connectivity index (χ4n) is 2.88. The number of nitrogens with zero attached hydrogens (tertiary/aromatic N) is 1. The van der Waals surface area contributed by atoms with Gasteiger partial charge in [0.05, 0.1) is 7.11 Å². The summed E-state index contributed by atoms with van der Waals surface area (Å²) < 4.78 is 5.44. The molecule has 1 heterocycles. The summed E-state index contributed by atoms with van der Waals surface area (Å²) in [5, 5.41) is 9.36. The predicted octanol–water partition coefficient (Wildman–Crippen LogP) is 1.92. The third-order valence-corrected chi connectivity index (χ3v) is 3.84. The van der Waals surface area contributed by atoms with Crippen molar-refractivity contribution in [3.05, 3.63) is 23.8 Å². The molecule has 0 spiro atoms. The highest BCUT2D eigenvalue weighted by atomic mass is 16.5. The standard InChI is InChI=1S/C15H24N2O2/c1-11(16)15-13(6-3-7-14(15)19-2)17-8-4-5-12(9-17)10-18/h3,6-7,11-12,18H,4-5,8-10,16H2,1-2H3/t11-,12?/m0/s1. The molecule has 1 saturated heterocycles. The van der Waals surface area contributed by atoms with E-state index < -0.39 is 0 Å². The van der Waals surface area contributed by atoms with Crippen LogP contribution in [0.1, 0.15) is 31.4 Å². The molecular formula is C15H24N2O2. The molecule has 2 rings (SSSR count). The van der Waals surface area contributed by atoms with E-state index in [9.17, 15) is 5.11 Å². The average Bonchev–Trinajstić information content (AvgIpc) is 2.46. The van der Waals surface area contributed by atoms with Crippen molar-refractivity contribution in [3.8, 4) is 5.75 Å². The lowest BCUT2D eigenvalue weighted by Crippen LogP contribution is -2.37. The third kappa shape index (κ3) is 3.01. The van der Waals surface area contributed by atoms with Crippen LogP contribution in [0, 0.1) is 5.92 Å². The summed E-state index contributed by atoms with van der Waals surface area (Å²) in [6, 6.07) is 5.99. The maximum absolute atomic E-state index is 9.36. The van der Waals surface area contributed by atoms with Crippen molar-refractivity contribution < 1.29 is 9.84 Å². The van der Waals surface area contributed by atoms with Crippen molar-refractivity contribution in [2.45, 2.75) is 25.8 Å². The lowest BCUT2D eigenvalue weighted by atomic mass is 9.96. The van der Waals surface area contributed by atoms with Gasteiger partial charge in [-0.1, -0.05) is 6.07 Å². The van der Waals surface area contributed by atoms with Crippen molar-refractivity contribution in [3.63, 3.8) is 0 Å². The van der Waals surface area contributed by atoms with Crippen LogP contribution < -0.4 is 15.4 Å². The van der Waals surface area contributed by atoms with Crippen LogP contribution in [0.2, 0.25) is 0 Å². The van der Waals surface area contributed by atoms with Crippen molar-refractivity contribution in [2.24, 2.45) is 11.7 Å². The monoisotopic (exact) mass is 264 g/mol. The van der Waals surface area contributed by atoms with Gasteiger partial charge in [0.15, 0.2) is 0 Å². The molecule has 0 aromatic heterocycles. The zero-order chi connectivity index (χ0) is 13.8. The van der Waals surface area contributed by atoms with Crippen LogP contribution in [0.5, 0.6) is 5.75 Å². The van der Waals surface area contributed by atoms with Gasteiger partial charge in [-0.25, -0.2) is 0 Å². The van der Waals surface area contributed by atoms with Crippen molar-refractivity contribution in [2.75, 3.05) is 31.7 Å². The molecular weight excluding hydrogens is 240 g/mol. The Bertz CT molecular complexity index is 421. The number of aliphatic hydroxyl groups is 1. The van der Waals surface area contributed by atoms with Gasteiger partial charge in [0.1, 0.15) is 5.75 Å². The van der Waals surface area contributed by atoms with Crippen molar-refractivity contribution >= 4 is 5.69 Å². The Morgan fingerprint density at radius 3 is 2.95 bits per heavy atom. The summed E-state index contributed by atoms with van der Waals surface area (Å²) in [5.41, 5.74) is 8.31. The Balaban J connectivity index is 2.33. The highest BCUT2D eigenvalue weighted by Crippen LogP contribution is 2.35. The van der Waals surface area contributed by atoms with E-state index in [4.69, 9.17) is 10.5 Å². The van der Waals surface area contributed by atoms with Crippen LogP contribution in [-0.2, 0) is 0 Å². The smallest absolute Gasteiger partial charge is 0.125 e. The maximum atomic E-state index is 9.36. The molecule has 3 N–H and O–H groups in total. The fourth-order valence-corrected chi connectivity index (χ4v) is 2.88. The number of anilines is 1. The summed E-state index contributed by atoms with van der Waals surface area (Å²) in [6.45, 7) is 4.15. The van der Waals surface area contributed by atoms with Gasteiger partial charge in [-0.3, -0.25) is 0 Å². The topological polar surface area (TPSA) is 58.7 Å². The minimum absolute atomic E-state index is 0.0688. The first kappa shape index (κ1) is 14.2. The van der Waals surface area contributed by atoms with Gasteiger partial charge >= 0.3 is 0 Å².